The van der Waals surface area contributed by atoms with Gasteiger partial charge in [0.1, 0.15) is 5.84 Å². The highest BCUT2D eigenvalue weighted by atomic mass is 15.2. The van der Waals surface area contributed by atoms with Gasteiger partial charge in [-0.3, -0.25) is 0 Å². The summed E-state index contributed by atoms with van der Waals surface area (Å²) in [7, 11) is 0. The van der Waals surface area contributed by atoms with Crippen molar-refractivity contribution in [2.75, 3.05) is 24.5 Å². The minimum Gasteiger partial charge on any atom is -0.374 e. The molecule has 2 heterocycles. The average molecular weight is 243 g/mol. The lowest BCUT2D eigenvalue weighted by Gasteiger charge is -2.21. The molecule has 3 nitrogen and oxygen atoms in total. The largest absolute Gasteiger partial charge is 0.374 e. The molecule has 2 aliphatic heterocycles. The summed E-state index contributed by atoms with van der Waals surface area (Å²) in [6.45, 7) is 3.43. The van der Waals surface area contributed by atoms with Crippen LogP contribution in [-0.4, -0.2) is 25.5 Å². The lowest BCUT2D eigenvalue weighted by molar-refractivity contribution is 0.669. The van der Waals surface area contributed by atoms with Gasteiger partial charge in [0, 0.05) is 26.1 Å². The Morgan fingerprint density at radius 2 is 1.83 bits per heavy atom. The van der Waals surface area contributed by atoms with Crippen LogP contribution in [0.15, 0.2) is 29.3 Å². The van der Waals surface area contributed by atoms with Gasteiger partial charge in [-0.15, -0.1) is 0 Å². The van der Waals surface area contributed by atoms with Crippen molar-refractivity contribution in [1.29, 1.82) is 0 Å². The van der Waals surface area contributed by atoms with E-state index in [1.54, 1.807) is 0 Å². The molecule has 18 heavy (non-hydrogen) atoms. The van der Waals surface area contributed by atoms with E-state index in [1.165, 1.54) is 44.5 Å². The summed E-state index contributed by atoms with van der Waals surface area (Å²) in [6, 6.07) is 8.54. The standard InChI is InChI=1S/C15H21N3/c1-2-8-14(18-11-5-6-12-18)13(7-1)17-15-9-3-4-10-16-15/h1-2,7-8H,3-6,9-12H2,(H,16,17). The second-order valence-corrected chi connectivity index (χ2v) is 5.13. The smallest absolute Gasteiger partial charge is 0.102 e. The van der Waals surface area contributed by atoms with Crippen LogP contribution in [0.5, 0.6) is 0 Å². The summed E-state index contributed by atoms with van der Waals surface area (Å²) in [5.41, 5.74) is 2.43. The van der Waals surface area contributed by atoms with Gasteiger partial charge < -0.3 is 10.2 Å². The van der Waals surface area contributed by atoms with Crippen molar-refractivity contribution >= 4 is 17.2 Å². The summed E-state index contributed by atoms with van der Waals surface area (Å²) in [5.74, 6) is 1.16. The Kier molecular flexibility index (Phi) is 3.49. The van der Waals surface area contributed by atoms with Gasteiger partial charge >= 0.3 is 0 Å². The van der Waals surface area contributed by atoms with Crippen molar-refractivity contribution in [3.05, 3.63) is 24.3 Å². The number of hydrogen-bond acceptors (Lipinski definition) is 2. The number of anilines is 1. The molecule has 0 atom stereocenters. The van der Waals surface area contributed by atoms with Crippen molar-refractivity contribution in [1.82, 2.24) is 5.32 Å². The van der Waals surface area contributed by atoms with Gasteiger partial charge in [-0.25, -0.2) is 4.99 Å². The molecule has 3 rings (SSSR count). The van der Waals surface area contributed by atoms with Gasteiger partial charge in [0.15, 0.2) is 0 Å². The molecule has 0 amide bonds. The van der Waals surface area contributed by atoms with Gasteiger partial charge in [-0.05, 0) is 37.8 Å². The molecule has 2 aliphatic rings. The highest BCUT2D eigenvalue weighted by Gasteiger charge is 2.15. The molecule has 1 aromatic carbocycles. The predicted octanol–water partition coefficient (Wildman–Crippen LogP) is 3.09. The Morgan fingerprint density at radius 1 is 1.00 bits per heavy atom. The molecule has 0 saturated carbocycles. The number of aliphatic imine (C=N–C) groups is 1. The molecule has 0 radical (unpaired) electrons. The predicted molar refractivity (Wildman–Crippen MR) is 76.8 cm³/mol. The van der Waals surface area contributed by atoms with E-state index in [4.69, 9.17) is 4.99 Å². The van der Waals surface area contributed by atoms with Crippen molar-refractivity contribution in [3.63, 3.8) is 0 Å². The van der Waals surface area contributed by atoms with E-state index in [9.17, 15) is 0 Å². The average Bonchev–Trinajstić information content (AvgIpc) is 2.94. The minimum atomic E-state index is 1.07. The van der Waals surface area contributed by atoms with Crippen molar-refractivity contribution in [3.8, 4) is 0 Å². The van der Waals surface area contributed by atoms with Crippen molar-refractivity contribution in [2.24, 2.45) is 4.99 Å². The highest BCUT2D eigenvalue weighted by molar-refractivity contribution is 5.87. The van der Waals surface area contributed by atoms with Crippen LogP contribution < -0.4 is 10.2 Å². The third-order valence-electron chi connectivity index (χ3n) is 3.75. The maximum Gasteiger partial charge on any atom is 0.102 e. The zero-order valence-corrected chi connectivity index (χ0v) is 10.9. The summed E-state index contributed by atoms with van der Waals surface area (Å²) in [5, 5.41) is 3.42. The van der Waals surface area contributed by atoms with E-state index in [1.807, 2.05) is 0 Å². The maximum absolute atomic E-state index is 4.83. The molecule has 96 valence electrons. The number of nitrogens with one attached hydrogen (secondary N) is 1. The van der Waals surface area contributed by atoms with E-state index in [-0.39, 0.29) is 0 Å². The van der Waals surface area contributed by atoms with E-state index in [0.717, 1.165) is 24.5 Å². The third kappa shape index (κ3) is 2.50. The normalized spacial score (nSPS) is 22.2. The van der Waals surface area contributed by atoms with Crippen LogP contribution in [-0.2, 0) is 0 Å². The number of para-hydroxylation sites is 2. The number of nitrogens with zero attached hydrogens (tertiary/aromatic N) is 2. The Morgan fingerprint density at radius 3 is 2.61 bits per heavy atom. The molecule has 1 aromatic rings. The number of amidine groups is 1. The van der Waals surface area contributed by atoms with Crippen LogP contribution in [0.3, 0.4) is 0 Å². The Balaban J connectivity index is 1.86. The number of benzene rings is 1. The molecule has 0 aliphatic carbocycles. The second kappa shape index (κ2) is 5.42. The van der Waals surface area contributed by atoms with E-state index >= 15 is 0 Å². The first-order valence-corrected chi connectivity index (χ1v) is 7.09. The lowest BCUT2D eigenvalue weighted by atomic mass is 10.1. The molecule has 1 N–H and O–H groups in total. The molecular weight excluding hydrogens is 222 g/mol. The maximum atomic E-state index is 4.83. The van der Waals surface area contributed by atoms with Crippen molar-refractivity contribution < 1.29 is 0 Å². The minimum absolute atomic E-state index is 1.07. The van der Waals surface area contributed by atoms with Crippen LogP contribution >= 0.6 is 0 Å². The lowest BCUT2D eigenvalue weighted by Crippen LogP contribution is -2.28. The first kappa shape index (κ1) is 11.6. The first-order chi connectivity index (χ1) is 8.93. The van der Waals surface area contributed by atoms with E-state index < -0.39 is 0 Å². The third-order valence-corrected chi connectivity index (χ3v) is 3.75. The van der Waals surface area contributed by atoms with Crippen molar-refractivity contribution in [2.45, 2.75) is 32.1 Å². The fourth-order valence-electron chi connectivity index (χ4n) is 2.76. The molecule has 2 fully saturated rings. The zero-order valence-electron chi connectivity index (χ0n) is 10.9. The van der Waals surface area contributed by atoms with E-state index in [2.05, 4.69) is 34.5 Å². The Hall–Kier alpha value is -1.51. The topological polar surface area (TPSA) is 27.6 Å². The molecule has 0 aromatic heterocycles. The second-order valence-electron chi connectivity index (χ2n) is 5.13. The summed E-state index contributed by atoms with van der Waals surface area (Å²) < 4.78 is 0. The zero-order chi connectivity index (χ0) is 12.2. The fraction of sp³-hybridized carbons (Fsp3) is 0.533. The summed E-state index contributed by atoms with van der Waals surface area (Å²) in [4.78, 5) is 7.29. The highest BCUT2D eigenvalue weighted by Crippen LogP contribution is 2.31. The number of rotatable bonds is 2. The molecule has 2 saturated heterocycles. The summed E-state index contributed by atoms with van der Waals surface area (Å²) in [6.07, 6.45) is 6.24. The molecule has 3 heteroatoms. The SMILES string of the molecule is c1ccc(N2CCCC2)c(/N=C2\CCCCN2)c1. The first-order valence-electron chi connectivity index (χ1n) is 7.09. The van der Waals surface area contributed by atoms with Crippen LogP contribution in [0.2, 0.25) is 0 Å². The van der Waals surface area contributed by atoms with Gasteiger partial charge in [0.25, 0.3) is 0 Å². The van der Waals surface area contributed by atoms with Crippen LogP contribution in [0, 0.1) is 0 Å². The van der Waals surface area contributed by atoms with Gasteiger partial charge in [-0.1, -0.05) is 12.1 Å². The summed E-state index contributed by atoms with van der Waals surface area (Å²) >= 11 is 0. The molecule has 0 spiro atoms. The quantitative estimate of drug-likeness (QED) is 0.864. The molecular formula is C15H21N3. The fourth-order valence-corrected chi connectivity index (χ4v) is 2.76. The Bertz CT molecular complexity index is 425. The Labute approximate surface area is 109 Å². The van der Waals surface area contributed by atoms with Gasteiger partial charge in [0.05, 0.1) is 11.4 Å². The molecule has 0 bridgehead atoms. The van der Waals surface area contributed by atoms with Gasteiger partial charge in [-0.2, -0.15) is 0 Å². The van der Waals surface area contributed by atoms with Crippen LogP contribution in [0.4, 0.5) is 11.4 Å². The monoisotopic (exact) mass is 243 g/mol. The molecule has 0 unspecified atom stereocenters. The van der Waals surface area contributed by atoms with E-state index in [0.29, 0.717) is 0 Å². The van der Waals surface area contributed by atoms with Crippen LogP contribution in [0.25, 0.3) is 0 Å². The number of hydrogen-bond donors (Lipinski definition) is 1. The van der Waals surface area contributed by atoms with Crippen LogP contribution in [0.1, 0.15) is 32.1 Å². The van der Waals surface area contributed by atoms with Gasteiger partial charge in [0.2, 0.25) is 0 Å². The number of piperidine rings is 1.